The summed E-state index contributed by atoms with van der Waals surface area (Å²) in [6, 6.07) is 14.1. The van der Waals surface area contributed by atoms with Crippen molar-refractivity contribution in [1.82, 2.24) is 26.0 Å². The SMILES string of the molecule is CC[C@@H](CC(C)C)C(=O)N[C@H]1C(=O)C[C@@H](CC(=O)NSc2ccc(OCCOC)cc2)C(=O)N[C@H]2C(=O)C[C@@H]3C(=O)N[C@@H](C(=O)N[C@H](C(=O)CC4C5CC6CC(C5)CC4C6)c4cc(O)cc(O)c4-c4cc3ccc4O)[C@@H](O)c3ccc(c(Cl)c3)Oc3cc2cc(c3O[C@@H]2O[C@H](CO)[C@H](O)[C@H](O)[C@@H]2O[C@H]2C[C@](C)(N)[C@H](O)[C@H](C)O2)Oc2ccc(cc2Cl)[C@H]1O. The average Bonchev–Trinajstić information content (AvgIpc) is 0.756. The number of phenols is 3. The number of carbonyl (C=O) groups excluding carboxylic acids is 8. The molecule has 2 saturated heterocycles. The molecular weight excluding hydrogens is 1660 g/mol. The Bertz CT molecular complexity index is 4950. The molecule has 18 atom stereocenters. The molecule has 660 valence electrons. The molecule has 34 heteroatoms. The quantitative estimate of drug-likeness (QED) is 0.0236. The maximum Gasteiger partial charge on any atom is 0.246 e. The number of fused-ring (bicyclic) bond motifs is 15. The number of rotatable bonds is 21. The summed E-state index contributed by atoms with van der Waals surface area (Å²) in [6.07, 6.45) is -14.9. The van der Waals surface area contributed by atoms with Crippen LogP contribution in [-0.4, -0.2) is 187 Å². The van der Waals surface area contributed by atoms with Crippen molar-refractivity contribution in [2.24, 2.45) is 53.1 Å². The standard InChI is InChI=1S/C89H104Cl2N6O25S/c1-7-43(20-39(2)3)84(111)95-75-62(102)29-50(32-70(105)97-123-53-13-11-52(12-14-53)116-19-18-115-6)85(112)93-73-49-30-67(118-65-16-9-45(77(75)106)27-58(65)90)81(122-88-82(80(109)79(108)69(38-98)120-88)121-71-37-89(5,92)83(110)40(4)117-71)68(31-49)119-66-17-10-46(28-59(66)91)78(107)76-87(114)94-74(64(104)35-54-47-22-41-21-42(24-47)25-48(54)23-41)57-33-51(99)34-61(101)72(57)56-26-44(8-15-60(56)100)55(36-63(73)103)86(113)96-76/h8-17,26-28,30-31,33-34,39-43,47-48,50,54-55,69,71,73-80,82-83,88,98-101,106-110H,7,18-25,29,32,35-38,92H2,1-6H3,(H,93,112)(H,94,114)(H,95,111)(H,96,113)(H,97,105)/t40-,41?,42?,43-,47?,48?,50-,54?,55-,69+,71-,73+,74-,75-,76+,77+,78-,79-,80-,82-,83+,88-,89-/m0/s1. The zero-order chi connectivity index (χ0) is 87.9. The highest BCUT2D eigenvalue weighted by atomic mass is 35.5. The number of hydrogen-bond donors (Lipinski definition) is 15. The molecule has 6 aromatic rings. The van der Waals surface area contributed by atoms with Crippen molar-refractivity contribution in [1.29, 1.82) is 0 Å². The van der Waals surface area contributed by atoms with Gasteiger partial charge in [-0.3, -0.25) is 43.1 Å². The number of nitrogens with two attached hydrogens (primary N) is 1. The fraction of sp³-hybridized carbons (Fsp3) is 0.506. The number of hydrogen-bond acceptors (Lipinski definition) is 27. The molecule has 7 heterocycles. The predicted molar refractivity (Wildman–Crippen MR) is 444 cm³/mol. The Hall–Kier alpha value is -9.23. The Morgan fingerprint density at radius 2 is 1.35 bits per heavy atom. The fourth-order valence-corrected chi connectivity index (χ4v) is 20.0. The van der Waals surface area contributed by atoms with Crippen molar-refractivity contribution < 1.29 is 122 Å². The van der Waals surface area contributed by atoms with Crippen LogP contribution in [0.1, 0.15) is 170 Å². The van der Waals surface area contributed by atoms with Gasteiger partial charge in [0.1, 0.15) is 95.8 Å². The molecule has 4 saturated carbocycles. The van der Waals surface area contributed by atoms with Gasteiger partial charge in [-0.1, -0.05) is 62.2 Å². The first-order valence-electron chi connectivity index (χ1n) is 41.6. The van der Waals surface area contributed by atoms with Gasteiger partial charge in [-0.15, -0.1) is 0 Å². The molecule has 6 fully saturated rings. The summed E-state index contributed by atoms with van der Waals surface area (Å²) in [7, 11) is 1.52. The summed E-state index contributed by atoms with van der Waals surface area (Å²) in [5.41, 5.74) is 3.74. The number of aliphatic hydroxyl groups excluding tert-OH is 6. The Morgan fingerprint density at radius 3 is 1.97 bits per heavy atom. The molecule has 6 aromatic carbocycles. The van der Waals surface area contributed by atoms with Crippen LogP contribution in [0.15, 0.2) is 108 Å². The number of aromatic hydroxyl groups is 3. The lowest BCUT2D eigenvalue weighted by atomic mass is 9.51. The number of amides is 5. The number of carbonyl (C=O) groups is 8. The third-order valence-electron chi connectivity index (χ3n) is 25.2. The molecule has 16 N–H and O–H groups in total. The second-order valence-electron chi connectivity index (χ2n) is 34.5. The number of phenolic OH excluding ortho intramolecular Hbond substituents is 3. The number of nitrogens with one attached hydrogen (secondary N) is 5. The van der Waals surface area contributed by atoms with Crippen molar-refractivity contribution >= 4 is 82.0 Å². The summed E-state index contributed by atoms with van der Waals surface area (Å²) in [5, 5.41) is 118. The first-order valence-corrected chi connectivity index (χ1v) is 43.1. The van der Waals surface area contributed by atoms with Crippen molar-refractivity contribution in [2.75, 3.05) is 26.9 Å². The molecule has 31 nitrogen and oxygen atoms in total. The van der Waals surface area contributed by atoms with E-state index >= 15 is 28.8 Å². The van der Waals surface area contributed by atoms with E-state index in [9.17, 15) is 55.5 Å². The highest BCUT2D eigenvalue weighted by Gasteiger charge is 2.53. The molecule has 0 radical (unpaired) electrons. The van der Waals surface area contributed by atoms with E-state index in [0.717, 1.165) is 74.4 Å². The van der Waals surface area contributed by atoms with Gasteiger partial charge < -0.3 is 111 Å². The summed E-state index contributed by atoms with van der Waals surface area (Å²) >= 11 is 15.4. The molecule has 17 rings (SSSR count). The molecule has 0 unspecified atom stereocenters. The van der Waals surface area contributed by atoms with Crippen LogP contribution in [0.3, 0.4) is 0 Å². The van der Waals surface area contributed by atoms with E-state index in [1.165, 1.54) is 69.5 Å². The van der Waals surface area contributed by atoms with Crippen LogP contribution >= 0.6 is 35.1 Å². The molecule has 123 heavy (non-hydrogen) atoms. The van der Waals surface area contributed by atoms with E-state index in [2.05, 4.69) is 26.0 Å². The van der Waals surface area contributed by atoms with E-state index in [1.54, 1.807) is 31.2 Å². The number of Topliss-reactive ketones (excluding diaryl/α,β-unsaturated/α-hetero) is 3. The van der Waals surface area contributed by atoms with Gasteiger partial charge in [0.2, 0.25) is 41.6 Å². The highest BCUT2D eigenvalue weighted by molar-refractivity contribution is 7.98. The van der Waals surface area contributed by atoms with E-state index in [1.807, 2.05) is 13.8 Å². The normalized spacial score (nSPS) is 30.8. The topological polar surface area (TPSA) is 479 Å². The zero-order valence-corrected chi connectivity index (χ0v) is 70.8. The number of ether oxygens (including phenoxy) is 8. The lowest BCUT2D eigenvalue weighted by Crippen LogP contribution is -2.64. The minimum absolute atomic E-state index is 0.0274. The molecule has 0 spiro atoms. The largest absolute Gasteiger partial charge is 0.508 e. The maximum atomic E-state index is 16.8. The predicted octanol–water partition coefficient (Wildman–Crippen LogP) is 8.83. The van der Waals surface area contributed by atoms with E-state index in [0.29, 0.717) is 35.5 Å². The average molecular weight is 1760 g/mol. The first kappa shape index (κ1) is 90.0. The summed E-state index contributed by atoms with van der Waals surface area (Å²) in [6.45, 7) is 8.21. The number of ketones is 3. The van der Waals surface area contributed by atoms with Crippen LogP contribution in [0.5, 0.6) is 51.7 Å². The highest BCUT2D eigenvalue weighted by Crippen LogP contribution is 2.59. The monoisotopic (exact) mass is 1760 g/mol. The molecular formula is C89H104Cl2N6O25S. The zero-order valence-electron chi connectivity index (χ0n) is 68.5. The van der Waals surface area contributed by atoms with Crippen LogP contribution in [-0.2, 0) is 57.3 Å². The van der Waals surface area contributed by atoms with E-state index in [4.69, 9.17) is 66.8 Å². The van der Waals surface area contributed by atoms with Gasteiger partial charge >= 0.3 is 0 Å². The second kappa shape index (κ2) is 37.9. The van der Waals surface area contributed by atoms with Gasteiger partial charge in [-0.25, -0.2) is 0 Å². The lowest BCUT2D eigenvalue weighted by molar-refractivity contribution is -0.333. The van der Waals surface area contributed by atoms with Crippen LogP contribution in [0.2, 0.25) is 10.0 Å². The van der Waals surface area contributed by atoms with Crippen LogP contribution in [0.4, 0.5) is 0 Å². The van der Waals surface area contributed by atoms with E-state index in [-0.39, 0.29) is 110 Å². The molecule has 0 aromatic heterocycles. The van der Waals surface area contributed by atoms with Crippen molar-refractivity contribution in [3.8, 4) is 62.9 Å². The molecule has 15 bridgehead atoms. The van der Waals surface area contributed by atoms with Gasteiger partial charge in [-0.05, 0) is 213 Å². The maximum absolute atomic E-state index is 16.8. The Kier molecular flexibility index (Phi) is 27.7. The van der Waals surface area contributed by atoms with Crippen molar-refractivity contribution in [2.45, 2.75) is 214 Å². The number of aliphatic hydroxyl groups is 6. The Morgan fingerprint density at radius 1 is 0.699 bits per heavy atom. The third-order valence-corrected chi connectivity index (χ3v) is 26.6. The molecule has 4 aliphatic carbocycles. The van der Waals surface area contributed by atoms with Gasteiger partial charge in [0.25, 0.3) is 0 Å². The minimum atomic E-state index is -2.19. The molecule has 7 aliphatic heterocycles. The number of halogens is 2. The lowest BCUT2D eigenvalue weighted by Gasteiger charge is -2.54. The first-order chi connectivity index (χ1) is 58.6. The van der Waals surface area contributed by atoms with Gasteiger partial charge in [0, 0.05) is 72.8 Å². The smallest absolute Gasteiger partial charge is 0.246 e. The Labute approximate surface area is 723 Å². The van der Waals surface area contributed by atoms with Crippen LogP contribution < -0.4 is 50.7 Å². The van der Waals surface area contributed by atoms with Gasteiger partial charge in [0.05, 0.1) is 47.3 Å². The number of methoxy groups -OCH3 is 1. The minimum Gasteiger partial charge on any atom is -0.508 e. The van der Waals surface area contributed by atoms with Gasteiger partial charge in [-0.2, -0.15) is 0 Å². The van der Waals surface area contributed by atoms with Crippen molar-refractivity contribution in [3.05, 3.63) is 141 Å². The summed E-state index contributed by atoms with van der Waals surface area (Å²) < 4.78 is 52.9. The molecule has 11 aliphatic rings. The second-order valence-corrected chi connectivity index (χ2v) is 36.2. The third kappa shape index (κ3) is 19.7. The van der Waals surface area contributed by atoms with Crippen LogP contribution in [0.25, 0.3) is 11.1 Å². The fourth-order valence-electron chi connectivity index (χ4n) is 19.0. The summed E-state index contributed by atoms with van der Waals surface area (Å²) in [4.78, 5) is 126. The van der Waals surface area contributed by atoms with Crippen LogP contribution in [0, 0.1) is 47.3 Å². The number of benzene rings is 6. The molecule has 5 amide bonds. The Balaban J connectivity index is 0.959. The summed E-state index contributed by atoms with van der Waals surface area (Å²) in [5.74, 6) is -14.7. The van der Waals surface area contributed by atoms with E-state index < -0.39 is 216 Å². The van der Waals surface area contributed by atoms with Crippen molar-refractivity contribution in [3.63, 3.8) is 0 Å². The van der Waals surface area contributed by atoms with Gasteiger partial charge in [0.15, 0.2) is 41.2 Å².